The molecule has 3 amide bonds. The quantitative estimate of drug-likeness (QED) is 0.230. The molecule has 7 rings (SSSR count). The average molecular weight is 820 g/mol. The molecule has 15 heteroatoms. The largest absolute Gasteiger partial charge is 0.497 e. The van der Waals surface area contributed by atoms with Crippen LogP contribution < -0.4 is 30.0 Å². The number of nitrogens with zero attached hydrogens (tertiary/aromatic N) is 2. The molecule has 2 unspecified atom stereocenters. The van der Waals surface area contributed by atoms with Crippen molar-refractivity contribution in [3.05, 3.63) is 60.7 Å². The van der Waals surface area contributed by atoms with Crippen LogP contribution in [0.2, 0.25) is 0 Å². The number of amides is 3. The third-order valence-electron chi connectivity index (χ3n) is 12.1. The molecule has 58 heavy (non-hydrogen) atoms. The van der Waals surface area contributed by atoms with Crippen LogP contribution in [0.15, 0.2) is 60.7 Å². The Hall–Kier alpha value is -4.76. The number of sulfonamides is 1. The van der Waals surface area contributed by atoms with Crippen LogP contribution in [0.4, 0.5) is 4.39 Å². The molecule has 1 saturated heterocycles. The van der Waals surface area contributed by atoms with Gasteiger partial charge >= 0.3 is 0 Å². The number of halogens is 1. The molecule has 13 nitrogen and oxygen atoms in total. The van der Waals surface area contributed by atoms with Gasteiger partial charge in [-0.05, 0) is 101 Å². The molecule has 0 radical (unpaired) electrons. The molecule has 3 aromatic rings. The number of hydrogen-bond acceptors (Lipinski definition) is 10. The summed E-state index contributed by atoms with van der Waals surface area (Å²) < 4.78 is 58.7. The molecular weight excluding hydrogens is 766 g/mol. The Morgan fingerprint density at radius 2 is 1.81 bits per heavy atom. The van der Waals surface area contributed by atoms with E-state index in [0.29, 0.717) is 40.9 Å². The van der Waals surface area contributed by atoms with Gasteiger partial charge in [-0.2, -0.15) is 0 Å². The minimum atomic E-state index is -4.36. The van der Waals surface area contributed by atoms with Crippen molar-refractivity contribution in [3.8, 4) is 28.5 Å². The Bertz CT molecular complexity index is 2200. The molecule has 4 aliphatic rings. The number of benzene rings is 2. The molecule has 0 spiro atoms. The molecule has 0 bridgehead atoms. The van der Waals surface area contributed by atoms with Gasteiger partial charge in [0, 0.05) is 35.4 Å². The Labute approximate surface area is 339 Å². The van der Waals surface area contributed by atoms with Crippen molar-refractivity contribution >= 4 is 38.6 Å². The van der Waals surface area contributed by atoms with E-state index in [1.807, 2.05) is 75.4 Å². The van der Waals surface area contributed by atoms with Gasteiger partial charge in [-0.3, -0.25) is 19.1 Å². The van der Waals surface area contributed by atoms with Gasteiger partial charge in [0.1, 0.15) is 46.4 Å². The number of rotatable bonds is 10. The van der Waals surface area contributed by atoms with Gasteiger partial charge in [-0.1, -0.05) is 26.0 Å². The average Bonchev–Trinajstić information content (AvgIpc) is 4.10. The highest BCUT2D eigenvalue weighted by molar-refractivity contribution is 7.91. The molecule has 1 aromatic heterocycles. The molecule has 4 N–H and O–H groups in total. The van der Waals surface area contributed by atoms with Gasteiger partial charge in [-0.25, -0.2) is 17.8 Å². The summed E-state index contributed by atoms with van der Waals surface area (Å²) in [4.78, 5) is 49.0. The van der Waals surface area contributed by atoms with Crippen LogP contribution in [0.5, 0.6) is 17.2 Å². The summed E-state index contributed by atoms with van der Waals surface area (Å²) >= 11 is 0. The van der Waals surface area contributed by atoms with E-state index in [-0.39, 0.29) is 50.2 Å². The van der Waals surface area contributed by atoms with Gasteiger partial charge in [-0.15, -0.1) is 0 Å². The van der Waals surface area contributed by atoms with E-state index in [9.17, 15) is 27.2 Å². The van der Waals surface area contributed by atoms with E-state index in [1.54, 1.807) is 13.2 Å². The maximum Gasteiger partial charge on any atom is 0.259 e. The van der Waals surface area contributed by atoms with Gasteiger partial charge in [0.2, 0.25) is 21.8 Å². The lowest BCUT2D eigenvalue weighted by molar-refractivity contribution is -0.141. The number of pyridine rings is 1. The van der Waals surface area contributed by atoms with Gasteiger partial charge in [0.15, 0.2) is 0 Å². The van der Waals surface area contributed by atoms with Crippen LogP contribution in [0.1, 0.15) is 72.6 Å². The van der Waals surface area contributed by atoms with E-state index >= 15 is 0 Å². The second kappa shape index (κ2) is 16.1. The SMILES string of the molecule is COc1ccc2c(O[C@@H]3CC4C(=O)N[C@]5(C(=O)NS(=O)(=O)C6(CF)CC6)C[C@H]5/C=C\CCC(C)C[C@@H](C)[C@H](N)C(=O)N4C3)cc(-c3ccc(OC(C)C)cc3)nc2c1. The number of allylic oxidation sites excluding steroid dienone is 1. The lowest BCUT2D eigenvalue weighted by atomic mass is 9.88. The van der Waals surface area contributed by atoms with Crippen molar-refractivity contribution in [2.45, 2.75) is 107 Å². The number of methoxy groups -OCH3 is 1. The number of aromatic nitrogens is 1. The zero-order valence-corrected chi connectivity index (χ0v) is 34.5. The predicted molar refractivity (Wildman–Crippen MR) is 217 cm³/mol. The Kier molecular flexibility index (Phi) is 11.5. The number of carbonyl (C=O) groups excluding carboxylic acids is 3. The number of hydrogen-bond donors (Lipinski definition) is 3. The number of nitrogens with two attached hydrogens (primary N) is 1. The maximum absolute atomic E-state index is 14.5. The summed E-state index contributed by atoms with van der Waals surface area (Å²) in [6.45, 7) is 6.86. The predicted octanol–water partition coefficient (Wildman–Crippen LogP) is 5.21. The van der Waals surface area contributed by atoms with Gasteiger partial charge in [0.05, 0.1) is 37.0 Å². The van der Waals surface area contributed by atoms with Crippen molar-refractivity contribution in [3.63, 3.8) is 0 Å². The number of fused-ring (bicyclic) bond motifs is 3. The molecular formula is C43H54FN5O8S. The fourth-order valence-electron chi connectivity index (χ4n) is 8.27. The van der Waals surface area contributed by atoms with Gasteiger partial charge in [0.25, 0.3) is 5.91 Å². The normalized spacial score (nSPS) is 29.0. The first-order chi connectivity index (χ1) is 27.6. The topological polar surface area (TPSA) is 179 Å². The summed E-state index contributed by atoms with van der Waals surface area (Å²) in [7, 11) is -2.78. The Morgan fingerprint density at radius 3 is 2.48 bits per heavy atom. The van der Waals surface area contributed by atoms with Crippen molar-refractivity contribution < 1.29 is 41.4 Å². The van der Waals surface area contributed by atoms with Gasteiger partial charge < -0.3 is 30.2 Å². The Morgan fingerprint density at radius 1 is 1.09 bits per heavy atom. The number of alkyl halides is 1. The first-order valence-corrected chi connectivity index (χ1v) is 21.7. The molecule has 2 aromatic carbocycles. The third kappa shape index (κ3) is 8.25. The van der Waals surface area contributed by atoms with Crippen LogP contribution >= 0.6 is 0 Å². The number of nitrogens with one attached hydrogen (secondary N) is 2. The van der Waals surface area contributed by atoms with Crippen LogP contribution in [0, 0.1) is 17.8 Å². The van der Waals surface area contributed by atoms with Crippen LogP contribution in [0.25, 0.3) is 22.2 Å². The van der Waals surface area contributed by atoms with Crippen molar-refractivity contribution in [2.75, 3.05) is 20.3 Å². The first kappa shape index (κ1) is 41.4. The van der Waals surface area contributed by atoms with Crippen molar-refractivity contribution in [1.29, 1.82) is 0 Å². The van der Waals surface area contributed by atoms with Crippen LogP contribution in [-0.2, 0) is 24.4 Å². The number of carbonyl (C=O) groups is 3. The summed E-state index contributed by atoms with van der Waals surface area (Å²) in [5, 5.41) is 3.55. The maximum atomic E-state index is 14.5. The molecule has 2 aliphatic carbocycles. The minimum absolute atomic E-state index is 0.0108. The van der Waals surface area contributed by atoms with E-state index in [4.69, 9.17) is 24.9 Å². The molecule has 312 valence electrons. The standard InChI is InChI=1S/C43H54FN5O8S/c1-25(2)56-30-12-10-28(11-13-30)34-21-37(33-15-14-31(55-5)19-35(33)46-34)57-32-20-36-39(50)47-43(41(52)48-58(53,54)42(24-44)16-17-42)22-29(43)9-7-6-8-26(3)18-27(4)38(45)40(51)49(36)23-32/h7,9-15,19,21,25-27,29,32,36,38H,6,8,16-18,20,22-24,45H2,1-5H3,(H,47,50)(H,48,52)/b9-7-/t26?,27-,29-,32-,36?,38+,43-/m1/s1. The highest BCUT2D eigenvalue weighted by Gasteiger charge is 2.64. The van der Waals surface area contributed by atoms with E-state index in [1.165, 1.54) is 4.90 Å². The van der Waals surface area contributed by atoms with Crippen molar-refractivity contribution in [2.24, 2.45) is 23.5 Å². The minimum Gasteiger partial charge on any atom is -0.497 e. The molecule has 3 fully saturated rings. The lowest BCUT2D eigenvalue weighted by Crippen LogP contribution is -2.58. The fourth-order valence-corrected chi connectivity index (χ4v) is 9.70. The second-order valence-corrected chi connectivity index (χ2v) is 19.0. The lowest BCUT2D eigenvalue weighted by Gasteiger charge is -2.30. The third-order valence-corrected chi connectivity index (χ3v) is 14.2. The fraction of sp³-hybridized carbons (Fsp3) is 0.535. The van der Waals surface area contributed by atoms with Crippen LogP contribution in [-0.4, -0.2) is 90.9 Å². The smallest absolute Gasteiger partial charge is 0.259 e. The summed E-state index contributed by atoms with van der Waals surface area (Å²) in [6, 6.07) is 12.8. The summed E-state index contributed by atoms with van der Waals surface area (Å²) in [5.74, 6) is -0.635. The van der Waals surface area contributed by atoms with Crippen molar-refractivity contribution in [1.82, 2.24) is 19.9 Å². The first-order valence-electron chi connectivity index (χ1n) is 20.2. The number of ether oxygens (including phenoxy) is 3. The monoisotopic (exact) mass is 819 g/mol. The highest BCUT2D eigenvalue weighted by Crippen LogP contribution is 2.48. The molecule has 7 atom stereocenters. The summed E-state index contributed by atoms with van der Waals surface area (Å²) in [5.41, 5.74) is 7.09. The molecule has 2 saturated carbocycles. The second-order valence-electron chi connectivity index (χ2n) is 16.9. The molecule has 2 aliphatic heterocycles. The zero-order valence-electron chi connectivity index (χ0n) is 33.7. The van der Waals surface area contributed by atoms with E-state index < -0.39 is 68.8 Å². The summed E-state index contributed by atoms with van der Waals surface area (Å²) in [6.07, 6.45) is 5.71. The van der Waals surface area contributed by atoms with Crippen LogP contribution in [0.3, 0.4) is 0 Å². The Balaban J connectivity index is 1.21. The zero-order chi connectivity index (χ0) is 41.6. The van der Waals surface area contributed by atoms with E-state index in [2.05, 4.69) is 17.0 Å². The molecule has 3 heterocycles. The highest BCUT2D eigenvalue weighted by atomic mass is 32.2. The van der Waals surface area contributed by atoms with E-state index in [0.717, 1.165) is 17.7 Å².